The van der Waals surface area contributed by atoms with Crippen molar-refractivity contribution < 1.29 is 4.74 Å². The molecular weight excluding hydrogens is 278 g/mol. The van der Waals surface area contributed by atoms with Gasteiger partial charge >= 0.3 is 0 Å². The molecule has 0 spiro atoms. The van der Waals surface area contributed by atoms with Gasteiger partial charge in [-0.15, -0.1) is 0 Å². The van der Waals surface area contributed by atoms with Crippen LogP contribution < -0.4 is 10.9 Å². The molecule has 0 amide bonds. The van der Waals surface area contributed by atoms with Crippen LogP contribution >= 0.6 is 11.6 Å². The molecule has 2 heterocycles. The number of ether oxygens (including phenoxy) is 1. The van der Waals surface area contributed by atoms with Crippen molar-refractivity contribution in [1.82, 2.24) is 9.78 Å². The molecule has 20 heavy (non-hydrogen) atoms. The van der Waals surface area contributed by atoms with Gasteiger partial charge in [0.1, 0.15) is 5.02 Å². The summed E-state index contributed by atoms with van der Waals surface area (Å²) < 4.78 is 6.78. The van der Waals surface area contributed by atoms with Crippen LogP contribution in [0.3, 0.4) is 0 Å². The predicted octanol–water partition coefficient (Wildman–Crippen LogP) is 2.53. The molecule has 5 nitrogen and oxygen atoms in total. The molecule has 1 aliphatic rings. The van der Waals surface area contributed by atoms with Crippen LogP contribution in [-0.2, 0) is 11.3 Å². The van der Waals surface area contributed by atoms with Crippen molar-refractivity contribution in [3.8, 4) is 0 Å². The van der Waals surface area contributed by atoms with E-state index in [1.54, 1.807) is 6.20 Å². The summed E-state index contributed by atoms with van der Waals surface area (Å²) in [5, 5.41) is 7.72. The molecule has 0 bridgehead atoms. The molecule has 1 N–H and O–H groups in total. The average molecular weight is 300 g/mol. The molecule has 6 heteroatoms. The minimum atomic E-state index is -0.224. The number of aryl methyl sites for hydroxylation is 1. The van der Waals surface area contributed by atoms with Gasteiger partial charge in [-0.25, -0.2) is 4.68 Å². The van der Waals surface area contributed by atoms with Crippen molar-refractivity contribution in [2.75, 3.05) is 18.5 Å². The van der Waals surface area contributed by atoms with Crippen LogP contribution in [0.15, 0.2) is 11.0 Å². The number of hydrogen-bond acceptors (Lipinski definition) is 4. The molecule has 1 saturated heterocycles. The zero-order valence-corrected chi connectivity index (χ0v) is 12.8. The second kappa shape index (κ2) is 7.09. The summed E-state index contributed by atoms with van der Waals surface area (Å²) in [6, 6.07) is 0.250. The minimum Gasteiger partial charge on any atom is -0.381 e. The zero-order chi connectivity index (χ0) is 14.5. The van der Waals surface area contributed by atoms with E-state index in [1.165, 1.54) is 4.68 Å². The Morgan fingerprint density at radius 1 is 1.55 bits per heavy atom. The summed E-state index contributed by atoms with van der Waals surface area (Å²) in [5.41, 5.74) is 0.403. The molecule has 1 aromatic heterocycles. The molecule has 0 radical (unpaired) electrons. The van der Waals surface area contributed by atoms with Crippen LogP contribution in [-0.4, -0.2) is 29.0 Å². The maximum absolute atomic E-state index is 12.0. The summed E-state index contributed by atoms with van der Waals surface area (Å²) in [7, 11) is 0. The fraction of sp³-hybridized carbons (Fsp3) is 0.714. The number of halogens is 1. The van der Waals surface area contributed by atoms with Gasteiger partial charge in [0.25, 0.3) is 5.56 Å². The van der Waals surface area contributed by atoms with E-state index in [2.05, 4.69) is 17.3 Å². The molecule has 112 valence electrons. The zero-order valence-electron chi connectivity index (χ0n) is 12.1. The Kier molecular flexibility index (Phi) is 5.43. The van der Waals surface area contributed by atoms with Gasteiger partial charge in [-0.1, -0.05) is 18.5 Å². The fourth-order valence-electron chi connectivity index (χ4n) is 2.52. The van der Waals surface area contributed by atoms with Crippen molar-refractivity contribution in [2.45, 2.75) is 45.7 Å². The van der Waals surface area contributed by atoms with Crippen LogP contribution in [0, 0.1) is 5.92 Å². The van der Waals surface area contributed by atoms with Crippen molar-refractivity contribution >= 4 is 17.3 Å². The highest BCUT2D eigenvalue weighted by Gasteiger charge is 2.21. The Labute approximate surface area is 124 Å². The van der Waals surface area contributed by atoms with Crippen molar-refractivity contribution in [3.63, 3.8) is 0 Å². The minimum absolute atomic E-state index is 0.224. The SMILES string of the molecule is CCCn1ncc(NC(C)C2CCOCC2)c(Cl)c1=O. The van der Waals surface area contributed by atoms with Crippen molar-refractivity contribution in [3.05, 3.63) is 21.6 Å². The first-order valence-electron chi connectivity index (χ1n) is 7.23. The number of hydrogen-bond donors (Lipinski definition) is 1. The summed E-state index contributed by atoms with van der Waals surface area (Å²) in [4.78, 5) is 12.0. The van der Waals surface area contributed by atoms with E-state index in [0.29, 0.717) is 18.2 Å². The highest BCUT2D eigenvalue weighted by atomic mass is 35.5. The van der Waals surface area contributed by atoms with Gasteiger partial charge in [0.2, 0.25) is 0 Å². The van der Waals surface area contributed by atoms with Gasteiger partial charge in [0, 0.05) is 25.8 Å². The Bertz CT molecular complexity index is 498. The topological polar surface area (TPSA) is 56.1 Å². The average Bonchev–Trinajstić information content (AvgIpc) is 2.48. The van der Waals surface area contributed by atoms with Crippen molar-refractivity contribution in [2.24, 2.45) is 5.92 Å². The lowest BCUT2D eigenvalue weighted by atomic mass is 9.93. The van der Waals surface area contributed by atoms with Gasteiger partial charge in [-0.2, -0.15) is 5.10 Å². The third-order valence-corrected chi connectivity index (χ3v) is 4.14. The second-order valence-corrected chi connectivity index (χ2v) is 5.66. The van der Waals surface area contributed by atoms with Gasteiger partial charge in [-0.3, -0.25) is 4.79 Å². The maximum atomic E-state index is 12.0. The van der Waals surface area contributed by atoms with Crippen LogP contribution in [0.4, 0.5) is 5.69 Å². The van der Waals surface area contributed by atoms with E-state index in [1.807, 2.05) is 6.92 Å². The van der Waals surface area contributed by atoms with Gasteiger partial charge in [0.15, 0.2) is 0 Å². The van der Waals surface area contributed by atoms with E-state index >= 15 is 0 Å². The van der Waals surface area contributed by atoms with E-state index in [-0.39, 0.29) is 16.6 Å². The Balaban J connectivity index is 2.09. The first-order valence-corrected chi connectivity index (χ1v) is 7.61. The standard InChI is InChI=1S/C14H22ClN3O2/c1-3-6-18-14(19)13(15)12(9-16-18)17-10(2)11-4-7-20-8-5-11/h9-11,17H,3-8H2,1-2H3. The lowest BCUT2D eigenvalue weighted by Crippen LogP contribution is -2.32. The third kappa shape index (κ3) is 3.52. The molecule has 1 aromatic rings. The monoisotopic (exact) mass is 299 g/mol. The lowest BCUT2D eigenvalue weighted by molar-refractivity contribution is 0.0622. The molecule has 0 saturated carbocycles. The highest BCUT2D eigenvalue weighted by molar-refractivity contribution is 6.32. The molecule has 1 aliphatic heterocycles. The first kappa shape index (κ1) is 15.3. The Morgan fingerprint density at radius 3 is 2.90 bits per heavy atom. The van der Waals surface area contributed by atoms with Crippen LogP contribution in [0.2, 0.25) is 5.02 Å². The maximum Gasteiger partial charge on any atom is 0.287 e. The highest BCUT2D eigenvalue weighted by Crippen LogP contribution is 2.23. The molecule has 1 fully saturated rings. The molecular formula is C14H22ClN3O2. The second-order valence-electron chi connectivity index (χ2n) is 5.28. The Hall–Kier alpha value is -1.07. The smallest absolute Gasteiger partial charge is 0.287 e. The van der Waals surface area contributed by atoms with Crippen LogP contribution in [0.25, 0.3) is 0 Å². The first-order chi connectivity index (χ1) is 9.63. The Morgan fingerprint density at radius 2 is 2.25 bits per heavy atom. The van der Waals surface area contributed by atoms with Crippen molar-refractivity contribution in [1.29, 1.82) is 0 Å². The summed E-state index contributed by atoms with van der Waals surface area (Å²) >= 11 is 6.16. The fourth-order valence-corrected chi connectivity index (χ4v) is 2.72. The molecule has 1 unspecified atom stereocenters. The van der Waals surface area contributed by atoms with Gasteiger partial charge < -0.3 is 10.1 Å². The lowest BCUT2D eigenvalue weighted by Gasteiger charge is -2.29. The van der Waals surface area contributed by atoms with Gasteiger partial charge in [-0.05, 0) is 32.1 Å². The molecule has 0 aromatic carbocycles. The summed E-state index contributed by atoms with van der Waals surface area (Å²) in [6.07, 6.45) is 4.57. The number of nitrogens with zero attached hydrogens (tertiary/aromatic N) is 2. The quantitative estimate of drug-likeness (QED) is 0.908. The number of nitrogens with one attached hydrogen (secondary N) is 1. The summed E-state index contributed by atoms with van der Waals surface area (Å²) in [5.74, 6) is 0.540. The summed E-state index contributed by atoms with van der Waals surface area (Å²) in [6.45, 7) is 6.32. The van der Waals surface area contributed by atoms with E-state index < -0.39 is 0 Å². The third-order valence-electron chi connectivity index (χ3n) is 3.78. The van der Waals surface area contributed by atoms with Gasteiger partial charge in [0.05, 0.1) is 11.9 Å². The van der Waals surface area contributed by atoms with Crippen LogP contribution in [0.1, 0.15) is 33.1 Å². The number of anilines is 1. The van der Waals surface area contributed by atoms with E-state index in [0.717, 1.165) is 32.5 Å². The predicted molar refractivity (Wildman–Crippen MR) is 80.4 cm³/mol. The number of aromatic nitrogens is 2. The largest absolute Gasteiger partial charge is 0.381 e. The molecule has 1 atom stereocenters. The van der Waals surface area contributed by atoms with E-state index in [4.69, 9.17) is 16.3 Å². The van der Waals surface area contributed by atoms with Crippen LogP contribution in [0.5, 0.6) is 0 Å². The molecule has 0 aliphatic carbocycles. The normalized spacial score (nSPS) is 17.9. The van der Waals surface area contributed by atoms with E-state index in [9.17, 15) is 4.79 Å². The molecule has 2 rings (SSSR count). The number of rotatable bonds is 5.